The molecule has 1 aliphatic carbocycles. The lowest BCUT2D eigenvalue weighted by Crippen LogP contribution is -2.42. The Hall–Kier alpha value is -2.90. The van der Waals surface area contributed by atoms with Gasteiger partial charge in [0.2, 0.25) is 6.79 Å². The zero-order valence-electron chi connectivity index (χ0n) is 17.2. The van der Waals surface area contributed by atoms with Crippen molar-refractivity contribution in [1.82, 2.24) is 14.9 Å². The van der Waals surface area contributed by atoms with Crippen LogP contribution in [0.25, 0.3) is 11.0 Å². The number of aliphatic hydroxyl groups excluding tert-OH is 1. The Bertz CT molecular complexity index is 1110. The lowest BCUT2D eigenvalue weighted by molar-refractivity contribution is -0.0232. The van der Waals surface area contributed by atoms with Gasteiger partial charge in [-0.25, -0.2) is 0 Å². The molecular weight excluding hydrogens is 394 g/mol. The molecule has 2 aromatic carbocycles. The van der Waals surface area contributed by atoms with Crippen LogP contribution < -0.4 is 14.2 Å². The van der Waals surface area contributed by atoms with Gasteiger partial charge in [0.15, 0.2) is 11.5 Å². The van der Waals surface area contributed by atoms with Crippen LogP contribution in [-0.4, -0.2) is 52.1 Å². The zero-order valence-corrected chi connectivity index (χ0v) is 17.2. The van der Waals surface area contributed by atoms with E-state index in [2.05, 4.69) is 27.0 Å². The Kier molecular flexibility index (Phi) is 4.65. The number of aliphatic hydroxyl groups is 1. The van der Waals surface area contributed by atoms with Gasteiger partial charge in [-0.2, -0.15) is 0 Å². The normalized spacial score (nSPS) is 27.4. The SMILES string of the molecule is O[C@@H]1C[C@H]2CN(Cc3ccc4nccnc4c3)C[C@H]2C[C@H]1Oc1ccc2c(c1)OCO2. The van der Waals surface area contributed by atoms with Crippen LogP contribution in [0.4, 0.5) is 0 Å². The number of ether oxygens (including phenoxy) is 3. The fraction of sp³-hybridized carbons (Fsp3) is 0.417. The molecule has 160 valence electrons. The van der Waals surface area contributed by atoms with E-state index in [0.29, 0.717) is 17.6 Å². The van der Waals surface area contributed by atoms with E-state index in [1.165, 1.54) is 5.56 Å². The number of hydrogen-bond acceptors (Lipinski definition) is 7. The van der Waals surface area contributed by atoms with Gasteiger partial charge in [-0.05, 0) is 54.5 Å². The van der Waals surface area contributed by atoms with Crippen LogP contribution in [0.15, 0.2) is 48.8 Å². The maximum atomic E-state index is 10.8. The maximum Gasteiger partial charge on any atom is 0.231 e. The van der Waals surface area contributed by atoms with Gasteiger partial charge in [-0.3, -0.25) is 14.9 Å². The minimum Gasteiger partial charge on any atom is -0.488 e. The summed E-state index contributed by atoms with van der Waals surface area (Å²) in [6.07, 6.45) is 4.44. The lowest BCUT2D eigenvalue weighted by atomic mass is 9.78. The first-order valence-corrected chi connectivity index (χ1v) is 10.9. The monoisotopic (exact) mass is 419 g/mol. The molecule has 0 spiro atoms. The van der Waals surface area contributed by atoms with Crippen molar-refractivity contribution < 1.29 is 19.3 Å². The Balaban J connectivity index is 1.11. The van der Waals surface area contributed by atoms with Gasteiger partial charge in [-0.1, -0.05) is 6.07 Å². The number of likely N-dealkylation sites (tertiary alicyclic amines) is 1. The van der Waals surface area contributed by atoms with E-state index in [4.69, 9.17) is 14.2 Å². The molecule has 1 N–H and O–H groups in total. The van der Waals surface area contributed by atoms with Crippen molar-refractivity contribution in [3.8, 4) is 17.2 Å². The second kappa shape index (κ2) is 7.66. The molecule has 2 fully saturated rings. The second-order valence-corrected chi connectivity index (χ2v) is 8.80. The molecule has 4 atom stereocenters. The molecule has 1 aromatic heterocycles. The fourth-order valence-electron chi connectivity index (χ4n) is 5.23. The molecule has 6 rings (SSSR count). The van der Waals surface area contributed by atoms with E-state index < -0.39 is 6.10 Å². The van der Waals surface area contributed by atoms with Gasteiger partial charge < -0.3 is 19.3 Å². The van der Waals surface area contributed by atoms with Crippen LogP contribution in [0.3, 0.4) is 0 Å². The summed E-state index contributed by atoms with van der Waals surface area (Å²) in [7, 11) is 0. The first-order chi connectivity index (χ1) is 15.2. The number of nitrogens with zero attached hydrogens (tertiary/aromatic N) is 3. The summed E-state index contributed by atoms with van der Waals surface area (Å²) in [5.41, 5.74) is 3.11. The van der Waals surface area contributed by atoms with Crippen molar-refractivity contribution in [1.29, 1.82) is 0 Å². The van der Waals surface area contributed by atoms with Crippen LogP contribution in [0.5, 0.6) is 17.2 Å². The molecular formula is C24H25N3O4. The van der Waals surface area contributed by atoms with Crippen LogP contribution in [-0.2, 0) is 6.54 Å². The Morgan fingerprint density at radius 2 is 1.74 bits per heavy atom. The highest BCUT2D eigenvalue weighted by atomic mass is 16.7. The number of fused-ring (bicyclic) bond motifs is 3. The minimum absolute atomic E-state index is 0.197. The topological polar surface area (TPSA) is 76.9 Å². The Morgan fingerprint density at radius 3 is 2.65 bits per heavy atom. The van der Waals surface area contributed by atoms with Crippen molar-refractivity contribution in [3.63, 3.8) is 0 Å². The predicted octanol–water partition coefficient (Wildman–Crippen LogP) is 3.01. The quantitative estimate of drug-likeness (QED) is 0.697. The average molecular weight is 419 g/mol. The van der Waals surface area contributed by atoms with E-state index in [-0.39, 0.29) is 12.9 Å². The summed E-state index contributed by atoms with van der Waals surface area (Å²) in [5, 5.41) is 10.8. The Morgan fingerprint density at radius 1 is 0.935 bits per heavy atom. The zero-order chi connectivity index (χ0) is 20.8. The van der Waals surface area contributed by atoms with Crippen LogP contribution in [0.1, 0.15) is 18.4 Å². The minimum atomic E-state index is -0.456. The third-order valence-corrected chi connectivity index (χ3v) is 6.73. The van der Waals surface area contributed by atoms with Crippen molar-refractivity contribution in [2.24, 2.45) is 11.8 Å². The summed E-state index contributed by atoms with van der Waals surface area (Å²) in [4.78, 5) is 11.3. The van der Waals surface area contributed by atoms with Gasteiger partial charge in [0.1, 0.15) is 11.9 Å². The highest BCUT2D eigenvalue weighted by Crippen LogP contribution is 2.40. The van der Waals surface area contributed by atoms with Gasteiger partial charge >= 0.3 is 0 Å². The molecule has 3 aliphatic rings. The molecule has 7 heteroatoms. The second-order valence-electron chi connectivity index (χ2n) is 8.80. The van der Waals surface area contributed by atoms with E-state index in [9.17, 15) is 5.11 Å². The van der Waals surface area contributed by atoms with Gasteiger partial charge in [0.05, 0.1) is 17.1 Å². The summed E-state index contributed by atoms with van der Waals surface area (Å²) in [6.45, 7) is 3.17. The van der Waals surface area contributed by atoms with Crippen molar-refractivity contribution in [2.75, 3.05) is 19.9 Å². The van der Waals surface area contributed by atoms with E-state index in [1.807, 2.05) is 24.3 Å². The standard InChI is InChI=1S/C24H25N3O4/c28-21-8-16-12-27(11-15-1-3-19-20(7-15)26-6-5-25-19)13-17(16)9-23(21)31-18-2-4-22-24(10-18)30-14-29-22/h1-7,10,16-17,21,23,28H,8-9,11-14H2/t16-,17+,21+,23+/m0/s1. The predicted molar refractivity (Wildman–Crippen MR) is 114 cm³/mol. The maximum absolute atomic E-state index is 10.8. The molecule has 7 nitrogen and oxygen atoms in total. The molecule has 0 amide bonds. The van der Waals surface area contributed by atoms with Crippen molar-refractivity contribution >= 4 is 11.0 Å². The average Bonchev–Trinajstić information content (AvgIpc) is 3.39. The highest BCUT2D eigenvalue weighted by Gasteiger charge is 2.42. The van der Waals surface area contributed by atoms with Crippen molar-refractivity contribution in [3.05, 3.63) is 54.4 Å². The number of rotatable bonds is 4. The van der Waals surface area contributed by atoms with E-state index in [0.717, 1.165) is 55.0 Å². The van der Waals surface area contributed by atoms with Crippen LogP contribution >= 0.6 is 0 Å². The molecule has 0 bridgehead atoms. The van der Waals surface area contributed by atoms with Crippen molar-refractivity contribution in [2.45, 2.75) is 31.6 Å². The summed E-state index contributed by atoms with van der Waals surface area (Å²) >= 11 is 0. The fourth-order valence-corrected chi connectivity index (χ4v) is 5.23. The molecule has 31 heavy (non-hydrogen) atoms. The Labute approximate surface area is 180 Å². The third kappa shape index (κ3) is 3.68. The molecule has 0 unspecified atom stereocenters. The summed E-state index contributed by atoms with van der Waals surface area (Å²) in [6, 6.07) is 11.9. The number of benzene rings is 2. The van der Waals surface area contributed by atoms with Crippen LogP contribution in [0, 0.1) is 11.8 Å². The molecule has 3 aromatic rings. The number of aromatic nitrogens is 2. The van der Waals surface area contributed by atoms with Gasteiger partial charge in [-0.15, -0.1) is 0 Å². The molecule has 0 radical (unpaired) electrons. The highest BCUT2D eigenvalue weighted by molar-refractivity contribution is 5.74. The molecule has 1 saturated carbocycles. The summed E-state index contributed by atoms with van der Waals surface area (Å²) in [5.74, 6) is 3.20. The number of hydrogen-bond donors (Lipinski definition) is 1. The van der Waals surface area contributed by atoms with Crippen LogP contribution in [0.2, 0.25) is 0 Å². The first kappa shape index (κ1) is 18.8. The molecule has 1 saturated heterocycles. The van der Waals surface area contributed by atoms with E-state index in [1.54, 1.807) is 12.4 Å². The largest absolute Gasteiger partial charge is 0.488 e. The first-order valence-electron chi connectivity index (χ1n) is 10.9. The van der Waals surface area contributed by atoms with E-state index >= 15 is 0 Å². The summed E-state index contributed by atoms with van der Waals surface area (Å²) < 4.78 is 17.0. The van der Waals surface area contributed by atoms with Gasteiger partial charge in [0, 0.05) is 38.1 Å². The van der Waals surface area contributed by atoms with Gasteiger partial charge in [0.25, 0.3) is 0 Å². The third-order valence-electron chi connectivity index (χ3n) is 6.73. The molecule has 3 heterocycles. The molecule has 2 aliphatic heterocycles. The lowest BCUT2D eigenvalue weighted by Gasteiger charge is -2.35. The smallest absolute Gasteiger partial charge is 0.231 e.